The van der Waals surface area contributed by atoms with Gasteiger partial charge in [-0.25, -0.2) is 9.97 Å². The molecule has 0 saturated carbocycles. The smallest absolute Gasteiger partial charge is 0.160 e. The van der Waals surface area contributed by atoms with Crippen LogP contribution in [0, 0.1) is 11.3 Å². The van der Waals surface area contributed by atoms with Gasteiger partial charge < -0.3 is 13.4 Å². The zero-order chi connectivity index (χ0) is 39.0. The van der Waals surface area contributed by atoms with Crippen LogP contribution in [0.15, 0.2) is 191 Å². The highest BCUT2D eigenvalue weighted by molar-refractivity contribution is 6.12. The largest absolute Gasteiger partial charge is 0.456 e. The van der Waals surface area contributed by atoms with Crippen LogP contribution in [0.5, 0.6) is 0 Å². The third-order valence-corrected chi connectivity index (χ3v) is 11.5. The lowest BCUT2D eigenvalue weighted by atomic mass is 9.99. The van der Waals surface area contributed by atoms with E-state index in [1.807, 2.05) is 84.9 Å². The molecule has 0 amide bonds. The van der Waals surface area contributed by atoms with Crippen molar-refractivity contribution >= 4 is 65.7 Å². The molecule has 6 heteroatoms. The van der Waals surface area contributed by atoms with Crippen LogP contribution in [-0.2, 0) is 0 Å². The molecule has 12 aromatic rings. The number of hydrogen-bond donors (Lipinski definition) is 0. The molecule has 0 bridgehead atoms. The van der Waals surface area contributed by atoms with E-state index in [4.69, 9.17) is 18.8 Å². The van der Waals surface area contributed by atoms with Gasteiger partial charge in [0.2, 0.25) is 0 Å². The van der Waals surface area contributed by atoms with Crippen molar-refractivity contribution in [1.82, 2.24) is 14.5 Å². The predicted molar refractivity (Wildman–Crippen MR) is 237 cm³/mol. The van der Waals surface area contributed by atoms with Crippen LogP contribution in [0.3, 0.4) is 0 Å². The van der Waals surface area contributed by atoms with Gasteiger partial charge in [-0.3, -0.25) is 0 Å². The normalized spacial score (nSPS) is 11.7. The molecule has 59 heavy (non-hydrogen) atoms. The number of nitriles is 1. The third kappa shape index (κ3) is 5.19. The molecule has 0 atom stereocenters. The first-order valence-electron chi connectivity index (χ1n) is 19.5. The van der Waals surface area contributed by atoms with E-state index >= 15 is 0 Å². The number of nitrogens with zero attached hydrogens (tertiary/aromatic N) is 4. The first-order chi connectivity index (χ1) is 29.2. The highest BCUT2D eigenvalue weighted by atomic mass is 16.3. The summed E-state index contributed by atoms with van der Waals surface area (Å²) in [4.78, 5) is 9.92. The maximum absolute atomic E-state index is 10.6. The first kappa shape index (κ1) is 32.9. The van der Waals surface area contributed by atoms with Gasteiger partial charge >= 0.3 is 0 Å². The number of hydrogen-bond acceptors (Lipinski definition) is 5. The van der Waals surface area contributed by atoms with Gasteiger partial charge in [0.1, 0.15) is 34.0 Å². The van der Waals surface area contributed by atoms with Crippen molar-refractivity contribution in [2.75, 3.05) is 0 Å². The van der Waals surface area contributed by atoms with E-state index < -0.39 is 0 Å². The second-order valence-corrected chi connectivity index (χ2v) is 14.9. The van der Waals surface area contributed by atoms with E-state index in [1.54, 1.807) is 0 Å². The second-order valence-electron chi connectivity index (χ2n) is 14.9. The van der Waals surface area contributed by atoms with Gasteiger partial charge in [-0.1, -0.05) is 115 Å². The summed E-state index contributed by atoms with van der Waals surface area (Å²) in [5.41, 5.74) is 12.9. The van der Waals surface area contributed by atoms with Crippen molar-refractivity contribution in [3.63, 3.8) is 0 Å². The van der Waals surface area contributed by atoms with Crippen molar-refractivity contribution in [3.05, 3.63) is 188 Å². The van der Waals surface area contributed by atoms with Gasteiger partial charge in [-0.15, -0.1) is 0 Å². The van der Waals surface area contributed by atoms with E-state index in [1.165, 1.54) is 10.8 Å². The van der Waals surface area contributed by atoms with Gasteiger partial charge in [0.05, 0.1) is 22.4 Å². The molecule has 8 aromatic carbocycles. The Morgan fingerprint density at radius 3 is 1.75 bits per heavy atom. The average molecular weight is 755 g/mol. The SMILES string of the molecule is N#Cc1c(-c2ccccc2)nc(-c2ccccc2)nc1-c1ccc2c(c1)oc1ccc(-n3c4ccccc4c4cc(-c5ccc6oc7ccccc7c6c5)ccc43)cc12. The Morgan fingerprint density at radius 1 is 0.390 bits per heavy atom. The molecule has 0 aliphatic carbocycles. The second kappa shape index (κ2) is 12.9. The number of furan rings is 2. The number of para-hydroxylation sites is 2. The molecule has 0 saturated heterocycles. The lowest BCUT2D eigenvalue weighted by molar-refractivity contribution is 0.668. The standard InChI is InChI=1S/C53H30N4O2/c54-31-44-51(32-11-3-1-4-12-32)55-53(33-13-5-2-6-14-33)56-52(44)36-19-23-40-43-30-37(22-26-49(43)59-50(40)29-36)57-45-17-9-7-15-38(45)41-27-34(20-24-46(41)57)35-21-25-48-42(28-35)39-16-8-10-18-47(39)58-48/h1-30H. The van der Waals surface area contributed by atoms with Crippen LogP contribution in [0.25, 0.3) is 116 Å². The molecule has 6 nitrogen and oxygen atoms in total. The van der Waals surface area contributed by atoms with Gasteiger partial charge in [0.15, 0.2) is 5.82 Å². The molecule has 0 fully saturated rings. The van der Waals surface area contributed by atoms with Crippen LogP contribution in [0.1, 0.15) is 5.56 Å². The van der Waals surface area contributed by atoms with E-state index in [-0.39, 0.29) is 0 Å². The summed E-state index contributed by atoms with van der Waals surface area (Å²) in [6.07, 6.45) is 0. The van der Waals surface area contributed by atoms with Gasteiger partial charge in [-0.05, 0) is 77.9 Å². The Kier molecular flexibility index (Phi) is 7.19. The quantitative estimate of drug-likeness (QED) is 0.175. The summed E-state index contributed by atoms with van der Waals surface area (Å²) in [6, 6.07) is 64.6. The van der Waals surface area contributed by atoms with Gasteiger partial charge in [0.25, 0.3) is 0 Å². The maximum atomic E-state index is 10.6. The fourth-order valence-electron chi connectivity index (χ4n) is 8.68. The number of aromatic nitrogens is 3. The first-order valence-corrected chi connectivity index (χ1v) is 19.5. The Labute approximate surface area is 337 Å². The Balaban J connectivity index is 0.986. The van der Waals surface area contributed by atoms with E-state index in [2.05, 4.69) is 108 Å². The van der Waals surface area contributed by atoms with Gasteiger partial charge in [0, 0.05) is 54.7 Å². The zero-order valence-corrected chi connectivity index (χ0v) is 31.4. The molecule has 0 radical (unpaired) electrons. The maximum Gasteiger partial charge on any atom is 0.160 e. The number of benzene rings is 8. The minimum atomic E-state index is 0.415. The lowest BCUT2D eigenvalue weighted by Crippen LogP contribution is -2.01. The summed E-state index contributed by atoms with van der Waals surface area (Å²) in [7, 11) is 0. The van der Waals surface area contributed by atoms with Crippen molar-refractivity contribution in [2.24, 2.45) is 0 Å². The fourth-order valence-corrected chi connectivity index (χ4v) is 8.68. The highest BCUT2D eigenvalue weighted by Gasteiger charge is 2.21. The molecule has 0 aliphatic rings. The molecule has 0 N–H and O–H groups in total. The highest BCUT2D eigenvalue weighted by Crippen LogP contribution is 2.40. The van der Waals surface area contributed by atoms with E-state index in [0.29, 0.717) is 28.4 Å². The summed E-state index contributed by atoms with van der Waals surface area (Å²) in [5.74, 6) is 0.554. The van der Waals surface area contributed by atoms with Crippen LogP contribution < -0.4 is 0 Å². The zero-order valence-electron chi connectivity index (χ0n) is 31.4. The molecule has 4 heterocycles. The molecule has 0 spiro atoms. The Hall–Kier alpha value is -8.27. The van der Waals surface area contributed by atoms with Crippen molar-refractivity contribution in [1.29, 1.82) is 5.26 Å². The molecular formula is C53H30N4O2. The molecule has 0 aliphatic heterocycles. The van der Waals surface area contributed by atoms with Crippen LogP contribution in [0.2, 0.25) is 0 Å². The van der Waals surface area contributed by atoms with E-state index in [0.717, 1.165) is 82.8 Å². The summed E-state index contributed by atoms with van der Waals surface area (Å²) in [5, 5.41) is 17.1. The Morgan fingerprint density at radius 2 is 0.949 bits per heavy atom. The Bertz CT molecular complexity index is 3680. The third-order valence-electron chi connectivity index (χ3n) is 11.5. The van der Waals surface area contributed by atoms with Crippen molar-refractivity contribution < 1.29 is 8.83 Å². The fraction of sp³-hybridized carbons (Fsp3) is 0. The van der Waals surface area contributed by atoms with Crippen LogP contribution >= 0.6 is 0 Å². The number of fused-ring (bicyclic) bond motifs is 9. The van der Waals surface area contributed by atoms with Crippen molar-refractivity contribution in [3.8, 4) is 56.8 Å². The minimum Gasteiger partial charge on any atom is -0.456 e. The summed E-state index contributed by atoms with van der Waals surface area (Å²) < 4.78 is 15.0. The molecule has 274 valence electrons. The van der Waals surface area contributed by atoms with Crippen LogP contribution in [0.4, 0.5) is 0 Å². The molecule has 12 rings (SSSR count). The van der Waals surface area contributed by atoms with E-state index in [9.17, 15) is 5.26 Å². The van der Waals surface area contributed by atoms with Crippen LogP contribution in [-0.4, -0.2) is 14.5 Å². The monoisotopic (exact) mass is 754 g/mol. The molecule has 4 aromatic heterocycles. The molecule has 0 unspecified atom stereocenters. The topological polar surface area (TPSA) is 80.8 Å². The van der Waals surface area contributed by atoms with Gasteiger partial charge in [-0.2, -0.15) is 5.26 Å². The summed E-state index contributed by atoms with van der Waals surface area (Å²) in [6.45, 7) is 0. The predicted octanol–water partition coefficient (Wildman–Crippen LogP) is 13.9. The summed E-state index contributed by atoms with van der Waals surface area (Å²) >= 11 is 0. The van der Waals surface area contributed by atoms with Crippen molar-refractivity contribution in [2.45, 2.75) is 0 Å². The molecular weight excluding hydrogens is 725 g/mol. The average Bonchev–Trinajstić information content (AvgIpc) is 3.97. The number of rotatable bonds is 5. The lowest BCUT2D eigenvalue weighted by Gasteiger charge is -2.12. The minimum absolute atomic E-state index is 0.415.